The number of H-pyrrole nitrogens is 1. The number of hydrogen-bond donors (Lipinski definition) is 2. The zero-order valence-electron chi connectivity index (χ0n) is 11.0. The highest BCUT2D eigenvalue weighted by Gasteiger charge is 2.34. The highest BCUT2D eigenvalue weighted by atomic mass is 16.3. The lowest BCUT2D eigenvalue weighted by Gasteiger charge is -2.25. The number of likely N-dealkylation sites (tertiary alicyclic amines) is 1. The Balaban J connectivity index is 1.96. The normalized spacial score (nSPS) is 23.2. The molecule has 0 aliphatic carbocycles. The first kappa shape index (κ1) is 12.2. The van der Waals surface area contributed by atoms with E-state index in [4.69, 9.17) is 0 Å². The standard InChI is InChI=1S/C15H18N2O2/c1-10-6-7-17(14(10)9-18)15(19)12-8-16-13-5-3-2-4-11(12)13/h2-5,8,10,14,16,18H,6-7,9H2,1H3. The lowest BCUT2D eigenvalue weighted by atomic mass is 10.0. The van der Waals surface area contributed by atoms with Crippen molar-refractivity contribution < 1.29 is 9.90 Å². The van der Waals surface area contributed by atoms with Crippen LogP contribution in [0.15, 0.2) is 30.5 Å². The van der Waals surface area contributed by atoms with Crippen LogP contribution in [0, 0.1) is 5.92 Å². The smallest absolute Gasteiger partial charge is 0.256 e. The fourth-order valence-electron chi connectivity index (χ4n) is 2.94. The van der Waals surface area contributed by atoms with Crippen molar-refractivity contribution in [3.63, 3.8) is 0 Å². The predicted octanol–water partition coefficient (Wildman–Crippen LogP) is 2.01. The van der Waals surface area contributed by atoms with Crippen molar-refractivity contribution in [3.8, 4) is 0 Å². The van der Waals surface area contributed by atoms with Crippen LogP contribution < -0.4 is 0 Å². The van der Waals surface area contributed by atoms with Crippen LogP contribution in [-0.2, 0) is 0 Å². The third-order valence-corrected chi connectivity index (χ3v) is 4.15. The Morgan fingerprint density at radius 2 is 2.26 bits per heavy atom. The molecule has 1 aliphatic heterocycles. The Morgan fingerprint density at radius 3 is 3.05 bits per heavy atom. The number of fused-ring (bicyclic) bond motifs is 1. The third kappa shape index (κ3) is 1.92. The highest BCUT2D eigenvalue weighted by molar-refractivity contribution is 6.06. The van der Waals surface area contributed by atoms with E-state index in [0.717, 1.165) is 23.9 Å². The predicted molar refractivity (Wildman–Crippen MR) is 74.0 cm³/mol. The molecule has 1 saturated heterocycles. The van der Waals surface area contributed by atoms with Gasteiger partial charge in [-0.2, -0.15) is 0 Å². The first-order valence-electron chi connectivity index (χ1n) is 6.70. The summed E-state index contributed by atoms with van der Waals surface area (Å²) in [6, 6.07) is 7.74. The van der Waals surface area contributed by atoms with E-state index >= 15 is 0 Å². The molecule has 2 atom stereocenters. The minimum Gasteiger partial charge on any atom is -0.394 e. The monoisotopic (exact) mass is 258 g/mol. The van der Waals surface area contributed by atoms with Crippen molar-refractivity contribution in [1.82, 2.24) is 9.88 Å². The van der Waals surface area contributed by atoms with Gasteiger partial charge in [-0.3, -0.25) is 4.79 Å². The topological polar surface area (TPSA) is 56.3 Å². The summed E-state index contributed by atoms with van der Waals surface area (Å²) in [7, 11) is 0. The number of nitrogens with zero attached hydrogens (tertiary/aromatic N) is 1. The number of benzene rings is 1. The summed E-state index contributed by atoms with van der Waals surface area (Å²) >= 11 is 0. The second-order valence-electron chi connectivity index (χ2n) is 5.26. The molecule has 100 valence electrons. The molecule has 2 N–H and O–H groups in total. The minimum atomic E-state index is -0.0545. The van der Waals surface area contributed by atoms with Crippen molar-refractivity contribution in [2.45, 2.75) is 19.4 Å². The number of carbonyl (C=O) groups excluding carboxylic acids is 1. The van der Waals surface area contributed by atoms with E-state index < -0.39 is 0 Å². The molecule has 1 aromatic heterocycles. The van der Waals surface area contributed by atoms with Crippen LogP contribution in [0.1, 0.15) is 23.7 Å². The van der Waals surface area contributed by atoms with Gasteiger partial charge in [-0.05, 0) is 18.4 Å². The number of nitrogens with one attached hydrogen (secondary N) is 1. The number of aliphatic hydroxyl groups is 1. The van der Waals surface area contributed by atoms with Gasteiger partial charge in [0.1, 0.15) is 0 Å². The Bertz CT molecular complexity index is 605. The average molecular weight is 258 g/mol. The molecular weight excluding hydrogens is 240 g/mol. The van der Waals surface area contributed by atoms with Gasteiger partial charge in [0.15, 0.2) is 0 Å². The SMILES string of the molecule is CC1CCN(C(=O)c2c[nH]c3ccccc23)C1CO. The summed E-state index contributed by atoms with van der Waals surface area (Å²) in [4.78, 5) is 17.6. The van der Waals surface area contributed by atoms with Crippen molar-refractivity contribution in [2.24, 2.45) is 5.92 Å². The average Bonchev–Trinajstić information content (AvgIpc) is 3.01. The van der Waals surface area contributed by atoms with Gasteiger partial charge >= 0.3 is 0 Å². The number of para-hydroxylation sites is 1. The zero-order chi connectivity index (χ0) is 13.4. The number of carbonyl (C=O) groups is 1. The van der Waals surface area contributed by atoms with E-state index in [1.807, 2.05) is 24.3 Å². The second kappa shape index (κ2) is 4.70. The number of aromatic nitrogens is 1. The van der Waals surface area contributed by atoms with Gasteiger partial charge in [-0.15, -0.1) is 0 Å². The lowest BCUT2D eigenvalue weighted by Crippen LogP contribution is -2.39. The van der Waals surface area contributed by atoms with Gasteiger partial charge < -0.3 is 15.0 Å². The summed E-state index contributed by atoms with van der Waals surface area (Å²) < 4.78 is 0. The van der Waals surface area contributed by atoms with Crippen molar-refractivity contribution >= 4 is 16.8 Å². The summed E-state index contributed by atoms with van der Waals surface area (Å²) in [5.74, 6) is 0.375. The quantitative estimate of drug-likeness (QED) is 0.865. The molecule has 1 amide bonds. The van der Waals surface area contributed by atoms with Crippen molar-refractivity contribution in [2.75, 3.05) is 13.2 Å². The highest BCUT2D eigenvalue weighted by Crippen LogP contribution is 2.27. The number of aliphatic hydroxyl groups excluding tert-OH is 1. The zero-order valence-corrected chi connectivity index (χ0v) is 11.0. The van der Waals surface area contributed by atoms with E-state index in [1.165, 1.54) is 0 Å². The Morgan fingerprint density at radius 1 is 1.47 bits per heavy atom. The molecule has 1 aliphatic rings. The molecular formula is C15H18N2O2. The van der Waals surface area contributed by atoms with Gasteiger partial charge in [-0.25, -0.2) is 0 Å². The number of hydrogen-bond acceptors (Lipinski definition) is 2. The van der Waals surface area contributed by atoms with Crippen molar-refractivity contribution in [1.29, 1.82) is 0 Å². The van der Waals surface area contributed by atoms with E-state index in [-0.39, 0.29) is 18.6 Å². The maximum Gasteiger partial charge on any atom is 0.256 e. The second-order valence-corrected chi connectivity index (χ2v) is 5.26. The Labute approximate surface area is 112 Å². The first-order valence-corrected chi connectivity index (χ1v) is 6.70. The van der Waals surface area contributed by atoms with Crippen LogP contribution in [0.5, 0.6) is 0 Å². The summed E-state index contributed by atoms with van der Waals surface area (Å²) in [6.45, 7) is 2.85. The minimum absolute atomic E-state index is 0.0147. The van der Waals surface area contributed by atoms with Crippen LogP contribution in [0.25, 0.3) is 10.9 Å². The van der Waals surface area contributed by atoms with E-state index in [2.05, 4.69) is 11.9 Å². The fourth-order valence-corrected chi connectivity index (χ4v) is 2.94. The molecule has 4 heteroatoms. The van der Waals surface area contributed by atoms with Gasteiger partial charge in [0.2, 0.25) is 0 Å². The summed E-state index contributed by atoms with van der Waals surface area (Å²) in [6.07, 6.45) is 2.73. The molecule has 4 nitrogen and oxygen atoms in total. The van der Waals surface area contributed by atoms with Crippen molar-refractivity contribution in [3.05, 3.63) is 36.0 Å². The molecule has 3 rings (SSSR count). The molecule has 0 bridgehead atoms. The maximum atomic E-state index is 12.6. The van der Waals surface area contributed by atoms with E-state index in [0.29, 0.717) is 11.5 Å². The van der Waals surface area contributed by atoms with Crippen LogP contribution in [0.3, 0.4) is 0 Å². The first-order chi connectivity index (χ1) is 9.22. The largest absolute Gasteiger partial charge is 0.394 e. The van der Waals surface area contributed by atoms with Gasteiger partial charge in [0.05, 0.1) is 18.2 Å². The molecule has 1 aromatic carbocycles. The lowest BCUT2D eigenvalue weighted by molar-refractivity contribution is 0.0650. The van der Waals surface area contributed by atoms with Crippen LogP contribution >= 0.6 is 0 Å². The number of rotatable bonds is 2. The van der Waals surface area contributed by atoms with Gasteiger partial charge in [0.25, 0.3) is 5.91 Å². The molecule has 1 fully saturated rings. The molecule has 19 heavy (non-hydrogen) atoms. The Kier molecular flexibility index (Phi) is 3.03. The fraction of sp³-hybridized carbons (Fsp3) is 0.400. The third-order valence-electron chi connectivity index (χ3n) is 4.15. The molecule has 0 saturated carbocycles. The number of aromatic amines is 1. The number of amides is 1. The summed E-state index contributed by atoms with van der Waals surface area (Å²) in [5, 5.41) is 10.4. The van der Waals surface area contributed by atoms with Gasteiger partial charge in [0, 0.05) is 23.6 Å². The maximum absolute atomic E-state index is 12.6. The van der Waals surface area contributed by atoms with Crippen LogP contribution in [0.2, 0.25) is 0 Å². The van der Waals surface area contributed by atoms with Gasteiger partial charge in [-0.1, -0.05) is 25.1 Å². The molecule has 2 aromatic rings. The van der Waals surface area contributed by atoms with Crippen LogP contribution in [-0.4, -0.2) is 40.1 Å². The molecule has 0 spiro atoms. The molecule has 2 unspecified atom stereocenters. The molecule has 2 heterocycles. The summed E-state index contributed by atoms with van der Waals surface area (Å²) in [5.41, 5.74) is 1.67. The van der Waals surface area contributed by atoms with E-state index in [9.17, 15) is 9.90 Å². The van der Waals surface area contributed by atoms with Crippen LogP contribution in [0.4, 0.5) is 0 Å². The van der Waals surface area contributed by atoms with E-state index in [1.54, 1.807) is 11.1 Å². The Hall–Kier alpha value is -1.81. The molecule has 0 radical (unpaired) electrons.